The average Bonchev–Trinajstić information content (AvgIpc) is 3.39. The number of imide groups is 1. The summed E-state index contributed by atoms with van der Waals surface area (Å²) in [5.74, 6) is -2.32. The number of carbonyl (C=O) groups excluding carboxylic acids is 2. The van der Waals surface area contributed by atoms with Gasteiger partial charge in [-0.05, 0) is 18.6 Å². The molecule has 0 radical (unpaired) electrons. The Labute approximate surface area is 153 Å². The molecule has 0 spiro atoms. The van der Waals surface area contributed by atoms with Gasteiger partial charge in [0.25, 0.3) is 5.69 Å². The minimum atomic E-state index is -1.14. The van der Waals surface area contributed by atoms with Crippen LogP contribution in [0.25, 0.3) is 0 Å². The van der Waals surface area contributed by atoms with Crippen molar-refractivity contribution < 1.29 is 28.7 Å². The van der Waals surface area contributed by atoms with Gasteiger partial charge in [0.2, 0.25) is 11.8 Å². The number of hydrogen-bond donors (Lipinski definition) is 0. The summed E-state index contributed by atoms with van der Waals surface area (Å²) in [6, 6.07) is 4.14. The molecule has 140 valence electrons. The Hall–Kier alpha value is -2.62. The fraction of sp³-hybridized carbons (Fsp3) is 0.444. The number of aryl methyl sites for hydroxylation is 1. The van der Waals surface area contributed by atoms with Crippen LogP contribution in [0.15, 0.2) is 30.4 Å². The summed E-state index contributed by atoms with van der Waals surface area (Å²) in [6.07, 6.45) is 2.23. The first-order valence-electron chi connectivity index (χ1n) is 8.67. The number of benzene rings is 1. The van der Waals surface area contributed by atoms with Crippen LogP contribution in [0.2, 0.25) is 0 Å². The Morgan fingerprint density at radius 2 is 1.96 bits per heavy atom. The molecule has 27 heavy (non-hydrogen) atoms. The number of fused-ring (bicyclic) bond motifs is 5. The maximum Gasteiger partial charge on any atom is 0.271 e. The Bertz CT molecular complexity index is 907. The predicted octanol–water partition coefficient (Wildman–Crippen LogP) is 1.09. The van der Waals surface area contributed by atoms with E-state index in [1.807, 2.05) is 0 Å². The monoisotopic (exact) mass is 372 g/mol. The number of nitrogens with zero attached hydrogens (tertiary/aromatic N) is 2. The van der Waals surface area contributed by atoms with Crippen LogP contribution in [0.1, 0.15) is 5.56 Å². The fourth-order valence-electron chi connectivity index (χ4n) is 4.52. The van der Waals surface area contributed by atoms with Gasteiger partial charge >= 0.3 is 0 Å². The molecule has 4 heterocycles. The van der Waals surface area contributed by atoms with Crippen LogP contribution in [0.4, 0.5) is 11.4 Å². The molecule has 2 bridgehead atoms. The van der Waals surface area contributed by atoms with Crippen molar-refractivity contribution in [1.29, 1.82) is 0 Å². The topological polar surface area (TPSA) is 108 Å². The summed E-state index contributed by atoms with van der Waals surface area (Å²) in [5.41, 5.74) is -0.479. The van der Waals surface area contributed by atoms with Crippen LogP contribution in [0.3, 0.4) is 0 Å². The molecule has 9 nitrogen and oxygen atoms in total. The van der Waals surface area contributed by atoms with Crippen LogP contribution >= 0.6 is 0 Å². The van der Waals surface area contributed by atoms with Gasteiger partial charge in [0, 0.05) is 12.1 Å². The van der Waals surface area contributed by atoms with Gasteiger partial charge < -0.3 is 14.2 Å². The zero-order valence-electron chi connectivity index (χ0n) is 14.4. The van der Waals surface area contributed by atoms with Crippen LogP contribution in [-0.4, -0.2) is 47.9 Å². The molecule has 0 aliphatic carbocycles. The molecule has 0 unspecified atom stereocenters. The Balaban J connectivity index is 1.58. The molecule has 4 aliphatic rings. The second-order valence-electron chi connectivity index (χ2n) is 7.11. The van der Waals surface area contributed by atoms with Gasteiger partial charge in [-0.15, -0.1) is 0 Å². The van der Waals surface area contributed by atoms with E-state index in [1.165, 1.54) is 18.2 Å². The molecule has 0 aromatic heterocycles. The molecule has 4 aliphatic heterocycles. The lowest BCUT2D eigenvalue weighted by Crippen LogP contribution is -2.49. The maximum absolute atomic E-state index is 13.3. The van der Waals surface area contributed by atoms with Crippen molar-refractivity contribution in [2.45, 2.75) is 24.9 Å². The minimum absolute atomic E-state index is 0.178. The highest BCUT2D eigenvalue weighted by atomic mass is 16.7. The smallest absolute Gasteiger partial charge is 0.271 e. The zero-order chi connectivity index (χ0) is 18.9. The van der Waals surface area contributed by atoms with Crippen molar-refractivity contribution in [2.75, 3.05) is 18.1 Å². The third-order valence-corrected chi connectivity index (χ3v) is 5.71. The normalized spacial score (nSPS) is 34.7. The van der Waals surface area contributed by atoms with E-state index in [9.17, 15) is 19.7 Å². The zero-order valence-corrected chi connectivity index (χ0v) is 14.4. The molecule has 1 aromatic carbocycles. The number of anilines is 1. The Morgan fingerprint density at radius 3 is 2.67 bits per heavy atom. The number of ether oxygens (including phenoxy) is 3. The van der Waals surface area contributed by atoms with Crippen LogP contribution in [-0.2, 0) is 23.8 Å². The van der Waals surface area contributed by atoms with Crippen molar-refractivity contribution in [2.24, 2.45) is 11.8 Å². The molecular weight excluding hydrogens is 356 g/mol. The lowest BCUT2D eigenvalue weighted by Gasteiger charge is -2.32. The number of nitro benzene ring substituents is 1. The van der Waals surface area contributed by atoms with Gasteiger partial charge in [-0.2, -0.15) is 0 Å². The van der Waals surface area contributed by atoms with Gasteiger partial charge in [-0.1, -0.05) is 12.1 Å². The molecular formula is C18H16N2O7. The van der Waals surface area contributed by atoms with Crippen molar-refractivity contribution in [3.8, 4) is 0 Å². The first kappa shape index (κ1) is 16.5. The van der Waals surface area contributed by atoms with E-state index in [0.717, 1.165) is 4.90 Å². The standard InChI is InChI=1S/C18H16N2O7/c1-9-2-3-10(20(23)24)8-11(9)19-15(21)13-12-4-5-18(27-12,14(13)16(19)22)17-25-6-7-26-17/h2-5,8,12-14,17H,6-7H2,1H3/t12-,13-,14+,18-/m1/s1. The first-order valence-corrected chi connectivity index (χ1v) is 8.67. The Morgan fingerprint density at radius 1 is 1.22 bits per heavy atom. The summed E-state index contributed by atoms with van der Waals surface area (Å²) >= 11 is 0. The summed E-state index contributed by atoms with van der Waals surface area (Å²) in [5, 5.41) is 11.1. The molecule has 4 atom stereocenters. The summed E-state index contributed by atoms with van der Waals surface area (Å²) in [6.45, 7) is 2.49. The average molecular weight is 372 g/mol. The quantitative estimate of drug-likeness (QED) is 0.338. The van der Waals surface area contributed by atoms with Crippen molar-refractivity contribution in [3.63, 3.8) is 0 Å². The van der Waals surface area contributed by atoms with E-state index in [0.29, 0.717) is 18.8 Å². The second-order valence-corrected chi connectivity index (χ2v) is 7.11. The SMILES string of the molecule is Cc1ccc([N+](=O)[O-])cc1N1C(=O)[C@H]2[C@@H](C1=O)[C@@]1(C3OCCO3)C=C[C@H]2O1. The first-order chi connectivity index (χ1) is 12.9. The maximum atomic E-state index is 13.3. The van der Waals surface area contributed by atoms with Gasteiger partial charge in [0.15, 0.2) is 11.9 Å². The molecule has 9 heteroatoms. The van der Waals surface area contributed by atoms with Crippen LogP contribution < -0.4 is 4.90 Å². The van der Waals surface area contributed by atoms with Gasteiger partial charge in [-0.3, -0.25) is 19.7 Å². The van der Waals surface area contributed by atoms with Gasteiger partial charge in [0.05, 0.1) is 41.8 Å². The summed E-state index contributed by atoms with van der Waals surface area (Å²) in [4.78, 5) is 38.1. The van der Waals surface area contributed by atoms with Gasteiger partial charge in [-0.25, -0.2) is 4.90 Å². The van der Waals surface area contributed by atoms with Crippen molar-refractivity contribution in [3.05, 3.63) is 46.0 Å². The lowest BCUT2D eigenvalue weighted by molar-refractivity contribution is -0.384. The number of hydrogen-bond acceptors (Lipinski definition) is 7. The molecule has 2 amide bonds. The highest BCUT2D eigenvalue weighted by Gasteiger charge is 2.71. The number of non-ortho nitro benzene ring substituents is 1. The van der Waals surface area contributed by atoms with Crippen molar-refractivity contribution in [1.82, 2.24) is 0 Å². The highest BCUT2D eigenvalue weighted by Crippen LogP contribution is 2.55. The molecule has 0 saturated carbocycles. The van der Waals surface area contributed by atoms with E-state index in [4.69, 9.17) is 14.2 Å². The fourth-order valence-corrected chi connectivity index (χ4v) is 4.52. The van der Waals surface area contributed by atoms with E-state index in [-0.39, 0.29) is 11.4 Å². The second kappa shape index (κ2) is 5.44. The molecule has 1 aromatic rings. The number of rotatable bonds is 3. The van der Waals surface area contributed by atoms with Crippen LogP contribution in [0.5, 0.6) is 0 Å². The van der Waals surface area contributed by atoms with E-state index in [1.54, 1.807) is 19.1 Å². The molecule has 3 fully saturated rings. The summed E-state index contributed by atoms with van der Waals surface area (Å²) < 4.78 is 17.2. The van der Waals surface area contributed by atoms with Crippen molar-refractivity contribution >= 4 is 23.2 Å². The molecule has 3 saturated heterocycles. The third kappa shape index (κ3) is 2.04. The summed E-state index contributed by atoms with van der Waals surface area (Å²) in [7, 11) is 0. The lowest BCUT2D eigenvalue weighted by atomic mass is 9.76. The number of amides is 2. The third-order valence-electron chi connectivity index (χ3n) is 5.71. The van der Waals surface area contributed by atoms with E-state index < -0.39 is 46.6 Å². The Kier molecular flexibility index (Phi) is 3.34. The molecule has 5 rings (SSSR count). The van der Waals surface area contributed by atoms with Crippen LogP contribution in [0, 0.1) is 28.9 Å². The predicted molar refractivity (Wildman–Crippen MR) is 89.7 cm³/mol. The minimum Gasteiger partial charge on any atom is -0.357 e. The largest absolute Gasteiger partial charge is 0.357 e. The van der Waals surface area contributed by atoms with E-state index in [2.05, 4.69) is 0 Å². The molecule has 0 N–H and O–H groups in total. The highest BCUT2D eigenvalue weighted by molar-refractivity contribution is 6.23. The number of nitro groups is 1. The van der Waals surface area contributed by atoms with Gasteiger partial charge in [0.1, 0.15) is 0 Å². The number of carbonyl (C=O) groups is 2. The van der Waals surface area contributed by atoms with E-state index >= 15 is 0 Å².